The summed E-state index contributed by atoms with van der Waals surface area (Å²) in [6, 6.07) is 19.0. The molecule has 1 heterocycles. The molecular formula is C23H24N2O4. The molecule has 0 saturated heterocycles. The van der Waals surface area contributed by atoms with E-state index in [0.717, 1.165) is 11.1 Å². The molecule has 2 aromatic carbocycles. The van der Waals surface area contributed by atoms with Crippen LogP contribution in [0.15, 0.2) is 65.1 Å². The van der Waals surface area contributed by atoms with Crippen molar-refractivity contribution in [1.82, 2.24) is 10.3 Å². The van der Waals surface area contributed by atoms with Crippen LogP contribution in [0.2, 0.25) is 0 Å². The van der Waals surface area contributed by atoms with Gasteiger partial charge in [-0.05, 0) is 37.5 Å². The molecule has 0 fully saturated rings. The van der Waals surface area contributed by atoms with Crippen molar-refractivity contribution in [2.45, 2.75) is 38.6 Å². The molecule has 1 unspecified atom stereocenters. The van der Waals surface area contributed by atoms with E-state index in [-0.39, 0.29) is 24.8 Å². The van der Waals surface area contributed by atoms with Gasteiger partial charge >= 0.3 is 5.97 Å². The fourth-order valence-electron chi connectivity index (χ4n) is 3.15. The number of carbonyl (C=O) groups is 2. The van der Waals surface area contributed by atoms with Crippen LogP contribution >= 0.6 is 0 Å². The quantitative estimate of drug-likeness (QED) is 0.578. The highest BCUT2D eigenvalue weighted by Crippen LogP contribution is 2.21. The fraction of sp³-hybridized carbons (Fsp3) is 0.261. The molecular weight excluding hydrogens is 368 g/mol. The molecule has 0 bridgehead atoms. The van der Waals surface area contributed by atoms with Crippen LogP contribution in [0.25, 0.3) is 11.5 Å². The minimum Gasteiger partial charge on any atom is -0.481 e. The molecule has 3 rings (SSSR count). The van der Waals surface area contributed by atoms with Crippen molar-refractivity contribution in [3.8, 4) is 11.5 Å². The number of nitrogens with one attached hydrogen (secondary N) is 1. The number of aliphatic carboxylic acids is 1. The van der Waals surface area contributed by atoms with Gasteiger partial charge in [0.15, 0.2) is 0 Å². The summed E-state index contributed by atoms with van der Waals surface area (Å²) in [7, 11) is 0. The molecule has 3 aromatic rings. The second-order valence-corrected chi connectivity index (χ2v) is 6.95. The van der Waals surface area contributed by atoms with Crippen LogP contribution < -0.4 is 5.32 Å². The van der Waals surface area contributed by atoms with Crippen LogP contribution in [0.5, 0.6) is 0 Å². The fourth-order valence-corrected chi connectivity index (χ4v) is 3.15. The summed E-state index contributed by atoms with van der Waals surface area (Å²) < 4.78 is 5.71. The predicted octanol–water partition coefficient (Wildman–Crippen LogP) is 3.78. The van der Waals surface area contributed by atoms with Crippen LogP contribution in [0.4, 0.5) is 0 Å². The second-order valence-electron chi connectivity index (χ2n) is 6.95. The number of rotatable bonds is 9. The molecule has 6 heteroatoms. The second kappa shape index (κ2) is 9.68. The topological polar surface area (TPSA) is 92.4 Å². The van der Waals surface area contributed by atoms with E-state index >= 15 is 0 Å². The third kappa shape index (κ3) is 6.04. The number of carboxylic acid groups (broad SMARTS) is 1. The van der Waals surface area contributed by atoms with E-state index in [2.05, 4.69) is 10.3 Å². The zero-order valence-corrected chi connectivity index (χ0v) is 16.3. The molecule has 0 saturated carbocycles. The van der Waals surface area contributed by atoms with Gasteiger partial charge in [0.25, 0.3) is 0 Å². The van der Waals surface area contributed by atoms with Gasteiger partial charge in [0.05, 0.1) is 12.1 Å². The Hall–Kier alpha value is -3.41. The molecule has 0 aliphatic carbocycles. The van der Waals surface area contributed by atoms with Gasteiger partial charge in [-0.3, -0.25) is 9.59 Å². The lowest BCUT2D eigenvalue weighted by Gasteiger charge is -2.18. The maximum Gasteiger partial charge on any atom is 0.303 e. The Labute approximate surface area is 169 Å². The summed E-state index contributed by atoms with van der Waals surface area (Å²) in [6.45, 7) is 1.79. The van der Waals surface area contributed by atoms with E-state index < -0.39 is 5.97 Å². The van der Waals surface area contributed by atoms with Crippen molar-refractivity contribution >= 4 is 11.9 Å². The number of carbonyl (C=O) groups excluding carboxylic acids is 1. The molecule has 0 radical (unpaired) electrons. The number of hydrogen-bond acceptors (Lipinski definition) is 4. The number of hydrogen-bond donors (Lipinski definition) is 2. The maximum absolute atomic E-state index is 12.6. The predicted molar refractivity (Wildman–Crippen MR) is 109 cm³/mol. The number of amides is 1. The molecule has 6 nitrogen and oxygen atoms in total. The van der Waals surface area contributed by atoms with Gasteiger partial charge in [-0.25, -0.2) is 4.98 Å². The van der Waals surface area contributed by atoms with Crippen molar-refractivity contribution in [2.75, 3.05) is 0 Å². The van der Waals surface area contributed by atoms with Crippen molar-refractivity contribution in [1.29, 1.82) is 0 Å². The summed E-state index contributed by atoms with van der Waals surface area (Å²) in [6.07, 6.45) is 1.02. The average Bonchev–Trinajstić information content (AvgIpc) is 3.08. The highest BCUT2D eigenvalue weighted by atomic mass is 16.4. The lowest BCUT2D eigenvalue weighted by molar-refractivity contribution is -0.137. The smallest absolute Gasteiger partial charge is 0.303 e. The van der Waals surface area contributed by atoms with E-state index in [9.17, 15) is 9.59 Å². The largest absolute Gasteiger partial charge is 0.481 e. The number of benzene rings is 2. The van der Waals surface area contributed by atoms with Crippen LogP contribution in [0, 0.1) is 6.92 Å². The molecule has 1 amide bonds. The van der Waals surface area contributed by atoms with E-state index in [1.54, 1.807) is 6.92 Å². The Bertz CT molecular complexity index is 952. The maximum atomic E-state index is 12.6. The monoisotopic (exact) mass is 392 g/mol. The Morgan fingerprint density at radius 2 is 1.72 bits per heavy atom. The summed E-state index contributed by atoms with van der Waals surface area (Å²) in [5.41, 5.74) is 2.48. The molecule has 29 heavy (non-hydrogen) atoms. The van der Waals surface area contributed by atoms with Crippen LogP contribution in [0.1, 0.15) is 29.9 Å². The van der Waals surface area contributed by atoms with Gasteiger partial charge in [0.1, 0.15) is 5.76 Å². The van der Waals surface area contributed by atoms with Gasteiger partial charge in [-0.1, -0.05) is 48.5 Å². The SMILES string of the molecule is Cc1oc(-c2ccccc2)nc1CC(=O)NC(CCC(=O)O)Cc1ccccc1. The molecule has 0 aliphatic rings. The van der Waals surface area contributed by atoms with E-state index in [4.69, 9.17) is 9.52 Å². The number of oxazole rings is 1. The first-order valence-electron chi connectivity index (χ1n) is 9.58. The van der Waals surface area contributed by atoms with Crippen molar-refractivity contribution in [2.24, 2.45) is 0 Å². The highest BCUT2D eigenvalue weighted by Gasteiger charge is 2.18. The van der Waals surface area contributed by atoms with Gasteiger partial charge in [0.2, 0.25) is 11.8 Å². The van der Waals surface area contributed by atoms with Gasteiger partial charge in [-0.2, -0.15) is 0 Å². The van der Waals surface area contributed by atoms with E-state index in [1.165, 1.54) is 0 Å². The third-order valence-corrected chi connectivity index (χ3v) is 4.64. The van der Waals surface area contributed by atoms with Crippen LogP contribution in [0.3, 0.4) is 0 Å². The van der Waals surface area contributed by atoms with Crippen molar-refractivity contribution in [3.63, 3.8) is 0 Å². The Morgan fingerprint density at radius 3 is 2.38 bits per heavy atom. The summed E-state index contributed by atoms with van der Waals surface area (Å²) in [4.78, 5) is 28.1. The normalized spacial score (nSPS) is 11.8. The molecule has 1 atom stereocenters. The van der Waals surface area contributed by atoms with E-state index in [1.807, 2.05) is 60.7 Å². The molecule has 1 aromatic heterocycles. The standard InChI is InChI=1S/C23H24N2O4/c1-16-20(25-23(29-16)18-10-6-3-7-11-18)15-21(26)24-19(12-13-22(27)28)14-17-8-4-2-5-9-17/h2-11,19H,12-15H2,1H3,(H,24,26)(H,27,28). The first-order chi connectivity index (χ1) is 14.0. The zero-order chi connectivity index (χ0) is 20.6. The number of carboxylic acids is 1. The van der Waals surface area contributed by atoms with Crippen LogP contribution in [-0.4, -0.2) is 28.0 Å². The molecule has 150 valence electrons. The Kier molecular flexibility index (Phi) is 6.79. The molecule has 2 N–H and O–H groups in total. The van der Waals surface area contributed by atoms with Gasteiger partial charge in [0, 0.05) is 18.0 Å². The molecule has 0 aliphatic heterocycles. The third-order valence-electron chi connectivity index (χ3n) is 4.64. The lowest BCUT2D eigenvalue weighted by Crippen LogP contribution is -2.38. The summed E-state index contributed by atoms with van der Waals surface area (Å²) >= 11 is 0. The van der Waals surface area contributed by atoms with Crippen LogP contribution in [-0.2, 0) is 22.4 Å². The van der Waals surface area contributed by atoms with Crippen molar-refractivity contribution < 1.29 is 19.1 Å². The first-order valence-corrected chi connectivity index (χ1v) is 9.58. The highest BCUT2D eigenvalue weighted by molar-refractivity contribution is 5.79. The first kappa shape index (κ1) is 20.3. The van der Waals surface area contributed by atoms with Crippen molar-refractivity contribution in [3.05, 3.63) is 77.7 Å². The molecule has 0 spiro atoms. The minimum absolute atomic E-state index is 0.00107. The number of nitrogens with zero attached hydrogens (tertiary/aromatic N) is 1. The summed E-state index contributed by atoms with van der Waals surface area (Å²) in [5.74, 6) is 0.00579. The Morgan fingerprint density at radius 1 is 1.07 bits per heavy atom. The zero-order valence-electron chi connectivity index (χ0n) is 16.3. The lowest BCUT2D eigenvalue weighted by atomic mass is 10.0. The van der Waals surface area contributed by atoms with Gasteiger partial charge in [-0.15, -0.1) is 0 Å². The average molecular weight is 392 g/mol. The number of aryl methyl sites for hydroxylation is 1. The Balaban J connectivity index is 1.66. The summed E-state index contributed by atoms with van der Waals surface area (Å²) in [5, 5.41) is 12.0. The van der Waals surface area contributed by atoms with Gasteiger partial charge < -0.3 is 14.8 Å². The number of aromatic nitrogens is 1. The van der Waals surface area contributed by atoms with E-state index in [0.29, 0.717) is 30.2 Å². The minimum atomic E-state index is -0.878.